The third-order valence-electron chi connectivity index (χ3n) is 2.83. The fourth-order valence-corrected chi connectivity index (χ4v) is 1.84. The quantitative estimate of drug-likeness (QED) is 0.601. The highest BCUT2D eigenvalue weighted by atomic mass is 35.5. The predicted molar refractivity (Wildman–Crippen MR) is 78.5 cm³/mol. The minimum absolute atomic E-state index is 0.363. The average Bonchev–Trinajstić information content (AvgIpc) is 2.33. The molecule has 1 heterocycles. The number of hydrogen-bond donors (Lipinski definition) is 1. The molecular weight excluding hydrogens is 246 g/mol. The zero-order valence-electron chi connectivity index (χ0n) is 11.8. The number of alkyl halides is 1. The Morgan fingerprint density at radius 1 is 1.28 bits per heavy atom. The molecular formula is C14H24ClN3. The number of hydrogen-bond acceptors (Lipinski definition) is 3. The Morgan fingerprint density at radius 3 is 2.61 bits per heavy atom. The Morgan fingerprint density at radius 2 is 2.00 bits per heavy atom. The van der Waals surface area contributed by atoms with Crippen LogP contribution in [0.25, 0.3) is 0 Å². The summed E-state index contributed by atoms with van der Waals surface area (Å²) in [5.74, 6) is 3.54. The van der Waals surface area contributed by atoms with E-state index in [1.807, 2.05) is 13.0 Å². The SMILES string of the molecule is Cc1cc(NCCCC(C)CCl)nc(C(C)C)n1. The third kappa shape index (κ3) is 5.21. The zero-order chi connectivity index (χ0) is 13.5. The van der Waals surface area contributed by atoms with E-state index in [9.17, 15) is 0 Å². The fraction of sp³-hybridized carbons (Fsp3) is 0.714. The number of aromatic nitrogens is 2. The molecule has 1 N–H and O–H groups in total. The Hall–Kier alpha value is -0.830. The van der Waals surface area contributed by atoms with Crippen molar-refractivity contribution in [3.05, 3.63) is 17.6 Å². The molecule has 1 aromatic heterocycles. The molecule has 1 atom stereocenters. The molecule has 0 saturated heterocycles. The van der Waals surface area contributed by atoms with Crippen LogP contribution >= 0.6 is 11.6 Å². The van der Waals surface area contributed by atoms with Gasteiger partial charge in [-0.25, -0.2) is 9.97 Å². The molecule has 1 aromatic rings. The molecule has 3 nitrogen and oxygen atoms in total. The monoisotopic (exact) mass is 269 g/mol. The van der Waals surface area contributed by atoms with Crippen LogP contribution in [-0.2, 0) is 0 Å². The van der Waals surface area contributed by atoms with Crippen LogP contribution in [0.2, 0.25) is 0 Å². The van der Waals surface area contributed by atoms with E-state index in [1.54, 1.807) is 0 Å². The van der Waals surface area contributed by atoms with Crippen LogP contribution in [0.1, 0.15) is 51.0 Å². The van der Waals surface area contributed by atoms with E-state index >= 15 is 0 Å². The molecule has 1 unspecified atom stereocenters. The Balaban J connectivity index is 2.47. The van der Waals surface area contributed by atoms with E-state index in [1.165, 1.54) is 0 Å². The van der Waals surface area contributed by atoms with Crippen LogP contribution in [0.3, 0.4) is 0 Å². The highest BCUT2D eigenvalue weighted by Crippen LogP contribution is 2.14. The maximum absolute atomic E-state index is 5.78. The lowest BCUT2D eigenvalue weighted by molar-refractivity contribution is 0.572. The van der Waals surface area contributed by atoms with Crippen molar-refractivity contribution in [2.75, 3.05) is 17.7 Å². The Kier molecular flexibility index (Phi) is 6.41. The maximum Gasteiger partial charge on any atom is 0.133 e. The van der Waals surface area contributed by atoms with Crippen LogP contribution < -0.4 is 5.32 Å². The Bertz CT molecular complexity index is 366. The summed E-state index contributed by atoms with van der Waals surface area (Å²) in [4.78, 5) is 8.96. The summed E-state index contributed by atoms with van der Waals surface area (Å²) in [6.45, 7) is 9.35. The van der Waals surface area contributed by atoms with Gasteiger partial charge in [0, 0.05) is 30.1 Å². The lowest BCUT2D eigenvalue weighted by Crippen LogP contribution is -2.09. The largest absolute Gasteiger partial charge is 0.370 e. The van der Waals surface area contributed by atoms with Crippen molar-refractivity contribution in [3.8, 4) is 0 Å². The van der Waals surface area contributed by atoms with E-state index in [4.69, 9.17) is 11.6 Å². The van der Waals surface area contributed by atoms with E-state index in [2.05, 4.69) is 36.1 Å². The summed E-state index contributed by atoms with van der Waals surface area (Å²) >= 11 is 5.78. The summed E-state index contributed by atoms with van der Waals surface area (Å²) < 4.78 is 0. The van der Waals surface area contributed by atoms with Gasteiger partial charge in [0.2, 0.25) is 0 Å². The lowest BCUT2D eigenvalue weighted by Gasteiger charge is -2.11. The number of aryl methyl sites for hydroxylation is 1. The molecule has 0 aliphatic heterocycles. The minimum Gasteiger partial charge on any atom is -0.370 e. The van der Waals surface area contributed by atoms with Crippen molar-refractivity contribution in [3.63, 3.8) is 0 Å². The first-order valence-electron chi connectivity index (χ1n) is 6.68. The van der Waals surface area contributed by atoms with Crippen LogP contribution in [-0.4, -0.2) is 22.4 Å². The van der Waals surface area contributed by atoms with Crippen LogP contribution in [0.5, 0.6) is 0 Å². The molecule has 18 heavy (non-hydrogen) atoms. The first-order chi connectivity index (χ1) is 8.52. The molecule has 0 amide bonds. The summed E-state index contributed by atoms with van der Waals surface area (Å²) in [5, 5.41) is 3.37. The van der Waals surface area contributed by atoms with Gasteiger partial charge in [-0.3, -0.25) is 0 Å². The van der Waals surface area contributed by atoms with Crippen LogP contribution in [0.4, 0.5) is 5.82 Å². The van der Waals surface area contributed by atoms with E-state index < -0.39 is 0 Å². The molecule has 0 bridgehead atoms. The standard InChI is InChI=1S/C14H24ClN3/c1-10(2)14-17-12(4)8-13(18-14)16-7-5-6-11(3)9-15/h8,10-11H,5-7,9H2,1-4H3,(H,16,17,18). The van der Waals surface area contributed by atoms with Gasteiger partial charge in [-0.2, -0.15) is 0 Å². The molecule has 1 rings (SSSR count). The van der Waals surface area contributed by atoms with Crippen LogP contribution in [0.15, 0.2) is 6.07 Å². The van der Waals surface area contributed by atoms with E-state index in [0.29, 0.717) is 11.8 Å². The minimum atomic E-state index is 0.363. The zero-order valence-corrected chi connectivity index (χ0v) is 12.6. The second-order valence-electron chi connectivity index (χ2n) is 5.24. The Labute approximate surface area is 115 Å². The molecule has 0 fully saturated rings. The normalized spacial score (nSPS) is 12.8. The highest BCUT2D eigenvalue weighted by molar-refractivity contribution is 6.18. The molecule has 0 aliphatic carbocycles. The lowest BCUT2D eigenvalue weighted by atomic mass is 10.1. The molecule has 0 aromatic carbocycles. The summed E-state index contributed by atoms with van der Waals surface area (Å²) in [6.07, 6.45) is 2.27. The topological polar surface area (TPSA) is 37.8 Å². The van der Waals surface area contributed by atoms with Gasteiger partial charge in [-0.05, 0) is 25.7 Å². The smallest absolute Gasteiger partial charge is 0.133 e. The second-order valence-corrected chi connectivity index (χ2v) is 5.54. The van der Waals surface area contributed by atoms with Crippen molar-refractivity contribution >= 4 is 17.4 Å². The molecule has 0 aliphatic rings. The van der Waals surface area contributed by atoms with Crippen molar-refractivity contribution in [1.82, 2.24) is 9.97 Å². The van der Waals surface area contributed by atoms with Crippen molar-refractivity contribution in [1.29, 1.82) is 0 Å². The predicted octanol–water partition coefficient (Wildman–Crippen LogP) is 3.98. The van der Waals surface area contributed by atoms with Gasteiger partial charge < -0.3 is 5.32 Å². The van der Waals surface area contributed by atoms with E-state index in [-0.39, 0.29) is 0 Å². The van der Waals surface area contributed by atoms with Gasteiger partial charge in [0.05, 0.1) is 0 Å². The van der Waals surface area contributed by atoms with Gasteiger partial charge >= 0.3 is 0 Å². The first-order valence-corrected chi connectivity index (χ1v) is 7.21. The maximum atomic E-state index is 5.78. The number of rotatable bonds is 7. The molecule has 4 heteroatoms. The summed E-state index contributed by atoms with van der Waals surface area (Å²) in [6, 6.07) is 2.00. The third-order valence-corrected chi connectivity index (χ3v) is 3.36. The molecule has 0 spiro atoms. The summed E-state index contributed by atoms with van der Waals surface area (Å²) in [5.41, 5.74) is 1.02. The molecule has 102 valence electrons. The van der Waals surface area contributed by atoms with Crippen molar-refractivity contribution in [2.45, 2.75) is 46.5 Å². The van der Waals surface area contributed by atoms with Crippen molar-refractivity contribution < 1.29 is 0 Å². The second kappa shape index (κ2) is 7.57. The van der Waals surface area contributed by atoms with Crippen LogP contribution in [0, 0.1) is 12.8 Å². The van der Waals surface area contributed by atoms with Gasteiger partial charge in [0.25, 0.3) is 0 Å². The number of anilines is 1. The molecule has 0 saturated carbocycles. The number of nitrogens with zero attached hydrogens (tertiary/aromatic N) is 2. The number of halogens is 1. The van der Waals surface area contributed by atoms with Gasteiger partial charge in [0.1, 0.15) is 11.6 Å². The molecule has 0 radical (unpaired) electrons. The van der Waals surface area contributed by atoms with Crippen molar-refractivity contribution in [2.24, 2.45) is 5.92 Å². The fourth-order valence-electron chi connectivity index (χ4n) is 1.68. The first kappa shape index (κ1) is 15.2. The van der Waals surface area contributed by atoms with Gasteiger partial charge in [0.15, 0.2) is 0 Å². The van der Waals surface area contributed by atoms with E-state index in [0.717, 1.165) is 42.6 Å². The average molecular weight is 270 g/mol. The highest BCUT2D eigenvalue weighted by Gasteiger charge is 2.06. The summed E-state index contributed by atoms with van der Waals surface area (Å²) in [7, 11) is 0. The number of nitrogens with one attached hydrogen (secondary N) is 1. The van der Waals surface area contributed by atoms with Gasteiger partial charge in [-0.1, -0.05) is 20.8 Å². The van der Waals surface area contributed by atoms with Gasteiger partial charge in [-0.15, -0.1) is 11.6 Å².